The van der Waals surface area contributed by atoms with Crippen molar-refractivity contribution in [2.45, 2.75) is 6.42 Å². The molecule has 2 N–H and O–H groups in total. The van der Waals surface area contributed by atoms with E-state index in [1.54, 1.807) is 0 Å². The zero-order valence-corrected chi connectivity index (χ0v) is 6.70. The van der Waals surface area contributed by atoms with Gasteiger partial charge in [0.1, 0.15) is 5.84 Å². The van der Waals surface area contributed by atoms with Gasteiger partial charge in [-0.15, -0.1) is 0 Å². The second-order valence-corrected chi connectivity index (χ2v) is 2.39. The number of nitrogens with zero attached hydrogens (tertiary/aromatic N) is 1. The van der Waals surface area contributed by atoms with E-state index < -0.39 is 0 Å². The Morgan fingerprint density at radius 1 is 1.42 bits per heavy atom. The van der Waals surface area contributed by atoms with Gasteiger partial charge in [-0.1, -0.05) is 36.8 Å². The molecular formula is C10H10N2. The molecule has 0 saturated heterocycles. The van der Waals surface area contributed by atoms with E-state index in [-0.39, 0.29) is 0 Å². The van der Waals surface area contributed by atoms with Crippen LogP contribution in [0, 0.1) is 12.5 Å². The zero-order valence-electron chi connectivity index (χ0n) is 6.70. The number of terminal acetylenes is 1. The number of benzene rings is 1. The lowest BCUT2D eigenvalue weighted by Gasteiger charge is -1.97. The minimum atomic E-state index is 0.476. The van der Waals surface area contributed by atoms with Crippen molar-refractivity contribution >= 4 is 5.84 Å². The number of hydrogen-bond acceptors (Lipinski definition) is 1. The Morgan fingerprint density at radius 2 is 2.08 bits per heavy atom. The minimum Gasteiger partial charge on any atom is -0.386 e. The fourth-order valence-electron chi connectivity index (χ4n) is 0.927. The van der Waals surface area contributed by atoms with Crippen molar-refractivity contribution in [3.05, 3.63) is 35.9 Å². The Bertz CT molecular complexity index is 306. The third kappa shape index (κ3) is 2.47. The van der Waals surface area contributed by atoms with Crippen molar-refractivity contribution < 1.29 is 0 Å². The lowest BCUT2D eigenvalue weighted by molar-refractivity contribution is 1.28. The van der Waals surface area contributed by atoms with Gasteiger partial charge in [0.05, 0.1) is 0 Å². The van der Waals surface area contributed by atoms with Crippen molar-refractivity contribution in [3.63, 3.8) is 0 Å². The van der Waals surface area contributed by atoms with Gasteiger partial charge in [-0.25, -0.2) is 0 Å². The highest BCUT2D eigenvalue weighted by molar-refractivity contribution is 5.83. The fourth-order valence-corrected chi connectivity index (χ4v) is 0.927. The lowest BCUT2D eigenvalue weighted by atomic mass is 10.1. The summed E-state index contributed by atoms with van der Waals surface area (Å²) in [4.78, 5) is 3.64. The Morgan fingerprint density at radius 3 is 2.67 bits per heavy atom. The van der Waals surface area contributed by atoms with E-state index in [1.165, 1.54) is 0 Å². The first kappa shape index (κ1) is 8.35. The molecule has 0 bridgehead atoms. The van der Waals surface area contributed by atoms with E-state index in [1.807, 2.05) is 30.3 Å². The van der Waals surface area contributed by atoms with Crippen molar-refractivity contribution in [1.82, 2.24) is 0 Å². The van der Waals surface area contributed by atoms with Gasteiger partial charge in [0, 0.05) is 12.5 Å². The Hall–Kier alpha value is -1.75. The van der Waals surface area contributed by atoms with Crippen molar-refractivity contribution in [2.75, 3.05) is 0 Å². The molecule has 0 fully saturated rings. The monoisotopic (exact) mass is 158 g/mol. The Labute approximate surface area is 72.1 Å². The van der Waals surface area contributed by atoms with Crippen LogP contribution in [0.4, 0.5) is 0 Å². The predicted molar refractivity (Wildman–Crippen MR) is 50.6 cm³/mol. The van der Waals surface area contributed by atoms with Crippen molar-refractivity contribution in [1.29, 1.82) is 0 Å². The quantitative estimate of drug-likeness (QED) is 0.391. The van der Waals surface area contributed by atoms with Crippen molar-refractivity contribution in [3.8, 4) is 12.5 Å². The van der Waals surface area contributed by atoms with Gasteiger partial charge in [0.25, 0.3) is 0 Å². The average molecular weight is 158 g/mol. The molecule has 0 amide bonds. The first-order valence-corrected chi connectivity index (χ1v) is 3.64. The van der Waals surface area contributed by atoms with Gasteiger partial charge in [-0.2, -0.15) is 4.99 Å². The molecule has 1 aromatic rings. The third-order valence-corrected chi connectivity index (χ3v) is 1.44. The number of nitrogens with two attached hydrogens (primary N) is 1. The summed E-state index contributed by atoms with van der Waals surface area (Å²) in [6, 6.07) is 12.0. The maximum absolute atomic E-state index is 5.52. The normalized spacial score (nSPS) is 10.8. The molecule has 0 spiro atoms. The second-order valence-electron chi connectivity index (χ2n) is 2.39. The van der Waals surface area contributed by atoms with E-state index in [2.05, 4.69) is 11.0 Å². The number of hydrogen-bond donors (Lipinski definition) is 1. The molecular weight excluding hydrogens is 148 g/mol. The van der Waals surface area contributed by atoms with Crippen LogP contribution < -0.4 is 5.73 Å². The summed E-state index contributed by atoms with van der Waals surface area (Å²) < 4.78 is 0. The summed E-state index contributed by atoms with van der Waals surface area (Å²) in [5.74, 6) is 0.476. The molecule has 0 aliphatic rings. The van der Waals surface area contributed by atoms with Crippen LogP contribution in [0.5, 0.6) is 0 Å². The van der Waals surface area contributed by atoms with Crippen LogP contribution in [0.25, 0.3) is 0 Å². The summed E-state index contributed by atoms with van der Waals surface area (Å²) in [5.41, 5.74) is 6.64. The maximum Gasteiger partial charge on any atom is 0.114 e. The number of amidine groups is 1. The van der Waals surface area contributed by atoms with Crippen LogP contribution in [0.15, 0.2) is 35.3 Å². The zero-order chi connectivity index (χ0) is 8.81. The number of aliphatic imine (C=N–C) groups is 1. The lowest BCUT2D eigenvalue weighted by Crippen LogP contribution is -2.14. The van der Waals surface area contributed by atoms with Crippen molar-refractivity contribution in [2.24, 2.45) is 10.7 Å². The summed E-state index contributed by atoms with van der Waals surface area (Å²) in [7, 11) is 0. The molecule has 1 rings (SSSR count). The van der Waals surface area contributed by atoms with Crippen LogP contribution in [0.3, 0.4) is 0 Å². The maximum atomic E-state index is 5.52. The molecule has 0 atom stereocenters. The third-order valence-electron chi connectivity index (χ3n) is 1.44. The molecule has 0 radical (unpaired) electrons. The van der Waals surface area contributed by atoms with E-state index in [0.29, 0.717) is 12.3 Å². The Kier molecular flexibility index (Phi) is 2.92. The molecule has 0 unspecified atom stereocenters. The van der Waals surface area contributed by atoms with Gasteiger partial charge in [0.2, 0.25) is 0 Å². The smallest absolute Gasteiger partial charge is 0.114 e. The molecule has 0 aliphatic carbocycles. The molecule has 0 aliphatic heterocycles. The van der Waals surface area contributed by atoms with Crippen LogP contribution in [-0.2, 0) is 6.42 Å². The summed E-state index contributed by atoms with van der Waals surface area (Å²) in [6.45, 7) is 0. The highest BCUT2D eigenvalue weighted by Gasteiger charge is 1.93. The summed E-state index contributed by atoms with van der Waals surface area (Å²) in [6.07, 6.45) is 5.58. The standard InChI is InChI=1S/C10H10N2/c1-2-12-10(11)8-9-6-4-3-5-7-9/h1,3-7H,8H2,(H2,11,12). The van der Waals surface area contributed by atoms with E-state index >= 15 is 0 Å². The first-order valence-electron chi connectivity index (χ1n) is 3.64. The topological polar surface area (TPSA) is 38.4 Å². The highest BCUT2D eigenvalue weighted by Crippen LogP contribution is 1.98. The first-order chi connectivity index (χ1) is 5.83. The van der Waals surface area contributed by atoms with Gasteiger partial charge < -0.3 is 5.73 Å². The molecule has 2 nitrogen and oxygen atoms in total. The molecule has 1 aromatic carbocycles. The SMILES string of the molecule is C#CN=C(N)Cc1ccccc1. The van der Waals surface area contributed by atoms with Crippen LogP contribution >= 0.6 is 0 Å². The Balaban J connectivity index is 2.66. The van der Waals surface area contributed by atoms with E-state index in [4.69, 9.17) is 12.2 Å². The molecule has 0 aromatic heterocycles. The molecule has 0 saturated carbocycles. The molecule has 60 valence electrons. The molecule has 2 heteroatoms. The minimum absolute atomic E-state index is 0.476. The van der Waals surface area contributed by atoms with Gasteiger partial charge in [-0.05, 0) is 5.56 Å². The van der Waals surface area contributed by atoms with Crippen LogP contribution in [0.1, 0.15) is 5.56 Å². The fraction of sp³-hybridized carbons (Fsp3) is 0.100. The van der Waals surface area contributed by atoms with Crippen LogP contribution in [-0.4, -0.2) is 5.84 Å². The summed E-state index contributed by atoms with van der Waals surface area (Å²) in [5, 5.41) is 0. The van der Waals surface area contributed by atoms with Crippen LogP contribution in [0.2, 0.25) is 0 Å². The van der Waals surface area contributed by atoms with Gasteiger partial charge in [0.15, 0.2) is 0 Å². The molecule has 12 heavy (non-hydrogen) atoms. The van der Waals surface area contributed by atoms with Gasteiger partial charge >= 0.3 is 0 Å². The van der Waals surface area contributed by atoms with E-state index in [0.717, 1.165) is 5.56 Å². The highest BCUT2D eigenvalue weighted by atomic mass is 14.8. The van der Waals surface area contributed by atoms with E-state index in [9.17, 15) is 0 Å². The van der Waals surface area contributed by atoms with Gasteiger partial charge in [-0.3, -0.25) is 0 Å². The largest absolute Gasteiger partial charge is 0.386 e. The number of rotatable bonds is 2. The average Bonchev–Trinajstić information content (AvgIpc) is 2.06. The molecule has 0 heterocycles. The summed E-state index contributed by atoms with van der Waals surface area (Å²) >= 11 is 0. The second kappa shape index (κ2) is 4.20. The predicted octanol–water partition coefficient (Wildman–Crippen LogP) is 1.18.